The van der Waals surface area contributed by atoms with Gasteiger partial charge in [-0.2, -0.15) is 0 Å². The smallest absolute Gasteiger partial charge is 0.305 e. The van der Waals surface area contributed by atoms with Gasteiger partial charge in [0.15, 0.2) is 11.5 Å². The van der Waals surface area contributed by atoms with Crippen LogP contribution in [0.1, 0.15) is 18.0 Å². The number of carbonyl (C=O) groups is 1. The first-order valence-corrected chi connectivity index (χ1v) is 4.87. The molecule has 0 bridgehead atoms. The first kappa shape index (κ1) is 12.6. The molecule has 0 fully saturated rings. The largest absolute Gasteiger partial charge is 0.503 e. The zero-order chi connectivity index (χ0) is 12.3. The van der Waals surface area contributed by atoms with E-state index in [1.165, 1.54) is 19.2 Å². The molecule has 1 aromatic carbocycles. The Balaban J connectivity index is 3.05. The number of aromatic hydroxyl groups is 1. The molecule has 1 aromatic rings. The van der Waals surface area contributed by atoms with E-state index >= 15 is 0 Å². The normalized spacial score (nSPS) is 12.2. The van der Waals surface area contributed by atoms with Crippen molar-refractivity contribution in [2.24, 2.45) is 5.73 Å². The molecule has 88 valence electrons. The van der Waals surface area contributed by atoms with Gasteiger partial charge in [0, 0.05) is 6.04 Å². The number of nitrogens with two attached hydrogens (primary N) is 1. The molecule has 0 aliphatic rings. The number of carboxylic acids is 1. The van der Waals surface area contributed by atoms with Crippen molar-refractivity contribution in [3.8, 4) is 11.5 Å². The number of hydrogen-bond donors (Lipinski definition) is 3. The Bertz CT molecular complexity index is 408. The highest BCUT2D eigenvalue weighted by Crippen LogP contribution is 2.36. The summed E-state index contributed by atoms with van der Waals surface area (Å²) in [6, 6.07) is 2.20. The lowest BCUT2D eigenvalue weighted by molar-refractivity contribution is -0.137. The lowest BCUT2D eigenvalue weighted by atomic mass is 10.0. The Kier molecular flexibility index (Phi) is 3.98. The molecule has 5 nitrogen and oxygen atoms in total. The number of ether oxygens (including phenoxy) is 1. The first-order chi connectivity index (χ1) is 7.45. The van der Waals surface area contributed by atoms with E-state index < -0.39 is 12.0 Å². The summed E-state index contributed by atoms with van der Waals surface area (Å²) >= 11 is 5.75. The summed E-state index contributed by atoms with van der Waals surface area (Å²) in [5, 5.41) is 18.2. The van der Waals surface area contributed by atoms with Gasteiger partial charge in [-0.1, -0.05) is 11.6 Å². The number of hydrogen-bond acceptors (Lipinski definition) is 4. The molecule has 4 N–H and O–H groups in total. The van der Waals surface area contributed by atoms with E-state index in [2.05, 4.69) is 0 Å². The summed E-state index contributed by atoms with van der Waals surface area (Å²) in [6.45, 7) is 0. The molecule has 0 saturated heterocycles. The highest BCUT2D eigenvalue weighted by Gasteiger charge is 2.15. The minimum atomic E-state index is -1.00. The average Bonchev–Trinajstić information content (AvgIpc) is 2.20. The second-order valence-corrected chi connectivity index (χ2v) is 3.67. The van der Waals surface area contributed by atoms with Crippen molar-refractivity contribution in [2.75, 3.05) is 7.11 Å². The molecule has 1 rings (SSSR count). The van der Waals surface area contributed by atoms with Crippen molar-refractivity contribution in [3.63, 3.8) is 0 Å². The monoisotopic (exact) mass is 245 g/mol. The summed E-state index contributed by atoms with van der Waals surface area (Å²) < 4.78 is 4.88. The zero-order valence-electron chi connectivity index (χ0n) is 8.61. The molecular weight excluding hydrogens is 234 g/mol. The Morgan fingerprint density at radius 3 is 2.75 bits per heavy atom. The quantitative estimate of drug-likeness (QED) is 0.748. The van der Waals surface area contributed by atoms with Gasteiger partial charge >= 0.3 is 5.97 Å². The molecular formula is C10H12ClNO4. The van der Waals surface area contributed by atoms with E-state index in [1.807, 2.05) is 0 Å². The zero-order valence-corrected chi connectivity index (χ0v) is 9.36. The summed E-state index contributed by atoms with van der Waals surface area (Å²) in [6.07, 6.45) is -0.218. The Labute approximate surface area is 97.4 Å². The van der Waals surface area contributed by atoms with Crippen LogP contribution in [0.25, 0.3) is 0 Å². The Hall–Kier alpha value is -1.46. The highest BCUT2D eigenvalue weighted by atomic mass is 35.5. The molecule has 0 saturated carbocycles. The summed E-state index contributed by atoms with van der Waals surface area (Å²) in [4.78, 5) is 10.5. The number of aliphatic carboxylic acids is 1. The number of halogens is 1. The van der Waals surface area contributed by atoms with Gasteiger partial charge in [-0.05, 0) is 17.7 Å². The molecule has 0 heterocycles. The van der Waals surface area contributed by atoms with Gasteiger partial charge in [-0.3, -0.25) is 4.79 Å². The van der Waals surface area contributed by atoms with Gasteiger partial charge in [0.05, 0.1) is 18.6 Å². The number of rotatable bonds is 4. The fraction of sp³-hybridized carbons (Fsp3) is 0.300. The molecule has 0 aliphatic heterocycles. The van der Waals surface area contributed by atoms with Crippen LogP contribution in [0.2, 0.25) is 5.02 Å². The van der Waals surface area contributed by atoms with E-state index in [0.717, 1.165) is 0 Å². The van der Waals surface area contributed by atoms with Crippen LogP contribution in [0.3, 0.4) is 0 Å². The van der Waals surface area contributed by atoms with Crippen LogP contribution in [0.5, 0.6) is 11.5 Å². The lowest BCUT2D eigenvalue weighted by Gasteiger charge is -2.13. The first-order valence-electron chi connectivity index (χ1n) is 4.49. The number of phenols is 1. The van der Waals surface area contributed by atoms with Crippen molar-refractivity contribution in [2.45, 2.75) is 12.5 Å². The van der Waals surface area contributed by atoms with Crippen molar-refractivity contribution < 1.29 is 19.7 Å². The standard InChI is InChI=1S/C10H12ClNO4/c1-16-8-3-5(2-6(11)10(8)15)7(12)4-9(13)14/h2-3,7,15H,4,12H2,1H3,(H,13,14)/t7-/m0/s1. The minimum absolute atomic E-state index is 0.0789. The van der Waals surface area contributed by atoms with Gasteiger partial charge in [-0.25, -0.2) is 0 Å². The second kappa shape index (κ2) is 5.05. The number of carboxylic acid groups (broad SMARTS) is 1. The van der Waals surface area contributed by atoms with E-state index in [1.54, 1.807) is 0 Å². The van der Waals surface area contributed by atoms with Crippen LogP contribution in [0, 0.1) is 0 Å². The average molecular weight is 246 g/mol. The Morgan fingerprint density at radius 1 is 1.62 bits per heavy atom. The molecule has 0 aliphatic carbocycles. The second-order valence-electron chi connectivity index (χ2n) is 3.26. The lowest BCUT2D eigenvalue weighted by Crippen LogP contribution is -2.15. The number of methoxy groups -OCH3 is 1. The molecule has 0 aromatic heterocycles. The maximum absolute atomic E-state index is 10.5. The highest BCUT2D eigenvalue weighted by molar-refractivity contribution is 6.32. The molecule has 16 heavy (non-hydrogen) atoms. The van der Waals surface area contributed by atoms with E-state index in [-0.39, 0.29) is 22.9 Å². The van der Waals surface area contributed by atoms with E-state index in [0.29, 0.717) is 5.56 Å². The summed E-state index contributed by atoms with van der Waals surface area (Å²) in [7, 11) is 1.37. The maximum Gasteiger partial charge on any atom is 0.305 e. The van der Waals surface area contributed by atoms with Crippen LogP contribution in [0.15, 0.2) is 12.1 Å². The van der Waals surface area contributed by atoms with E-state index in [9.17, 15) is 9.90 Å². The predicted octanol–water partition coefficient (Wildman–Crippen LogP) is 1.53. The van der Waals surface area contributed by atoms with Gasteiger partial charge in [-0.15, -0.1) is 0 Å². The van der Waals surface area contributed by atoms with Gasteiger partial charge in [0.2, 0.25) is 0 Å². The van der Waals surface area contributed by atoms with E-state index in [4.69, 9.17) is 27.2 Å². The van der Waals surface area contributed by atoms with Crippen molar-refractivity contribution in [1.29, 1.82) is 0 Å². The van der Waals surface area contributed by atoms with Crippen molar-refractivity contribution in [1.82, 2.24) is 0 Å². The third-order valence-corrected chi connectivity index (χ3v) is 2.38. The molecule has 0 unspecified atom stereocenters. The van der Waals surface area contributed by atoms with Crippen molar-refractivity contribution in [3.05, 3.63) is 22.7 Å². The van der Waals surface area contributed by atoms with Gasteiger partial charge in [0.1, 0.15) is 0 Å². The SMILES string of the molecule is COc1cc([C@@H](N)CC(=O)O)cc(Cl)c1O. The fourth-order valence-electron chi connectivity index (χ4n) is 1.27. The van der Waals surface area contributed by atoms with Crippen LogP contribution in [0.4, 0.5) is 0 Å². The molecule has 6 heteroatoms. The summed E-state index contributed by atoms with van der Waals surface area (Å²) in [5.41, 5.74) is 6.16. The van der Waals surface area contributed by atoms with Gasteiger partial charge in [0.25, 0.3) is 0 Å². The fourth-order valence-corrected chi connectivity index (χ4v) is 1.49. The van der Waals surface area contributed by atoms with Gasteiger partial charge < -0.3 is 20.7 Å². The third kappa shape index (κ3) is 2.77. The predicted molar refractivity (Wildman–Crippen MR) is 58.9 cm³/mol. The Morgan fingerprint density at radius 2 is 2.25 bits per heavy atom. The van der Waals surface area contributed by atoms with Crippen LogP contribution in [-0.2, 0) is 4.79 Å². The van der Waals surface area contributed by atoms with Crippen LogP contribution < -0.4 is 10.5 Å². The number of phenolic OH excluding ortho intramolecular Hbond substituents is 1. The molecule has 0 spiro atoms. The molecule has 0 radical (unpaired) electrons. The summed E-state index contributed by atoms with van der Waals surface area (Å²) in [5.74, 6) is -1.02. The van der Waals surface area contributed by atoms with Crippen LogP contribution in [-0.4, -0.2) is 23.3 Å². The van der Waals surface area contributed by atoms with Crippen molar-refractivity contribution >= 4 is 17.6 Å². The molecule has 1 atom stereocenters. The maximum atomic E-state index is 10.5. The minimum Gasteiger partial charge on any atom is -0.503 e. The molecule has 0 amide bonds. The number of benzene rings is 1. The topological polar surface area (TPSA) is 92.8 Å². The van der Waals surface area contributed by atoms with Crippen LogP contribution >= 0.6 is 11.6 Å². The third-order valence-electron chi connectivity index (χ3n) is 2.09.